The van der Waals surface area contributed by atoms with E-state index >= 15 is 0 Å². The Bertz CT molecular complexity index is 545. The highest BCUT2D eigenvalue weighted by atomic mass is 32.2. The summed E-state index contributed by atoms with van der Waals surface area (Å²) in [4.78, 5) is 4.05. The van der Waals surface area contributed by atoms with Gasteiger partial charge in [0.05, 0.1) is 5.69 Å². The van der Waals surface area contributed by atoms with Gasteiger partial charge < -0.3 is 5.32 Å². The first-order valence-electron chi connectivity index (χ1n) is 7.26. The average Bonchev–Trinajstić information content (AvgIpc) is 2.42. The van der Waals surface area contributed by atoms with Gasteiger partial charge in [0.15, 0.2) is 5.03 Å². The average molecular weight is 297 g/mol. The van der Waals surface area contributed by atoms with Crippen LogP contribution in [0.3, 0.4) is 0 Å². The van der Waals surface area contributed by atoms with Crippen molar-refractivity contribution in [2.45, 2.75) is 50.6 Å². The maximum absolute atomic E-state index is 12.5. The van der Waals surface area contributed by atoms with Crippen LogP contribution in [0.1, 0.15) is 39.5 Å². The van der Waals surface area contributed by atoms with E-state index in [1.165, 1.54) is 12.6 Å². The summed E-state index contributed by atoms with van der Waals surface area (Å²) >= 11 is 0. The second-order valence-corrected chi connectivity index (χ2v) is 7.01. The number of nitrogens with one attached hydrogen (secondary N) is 2. The van der Waals surface area contributed by atoms with E-state index in [4.69, 9.17) is 0 Å². The van der Waals surface area contributed by atoms with Gasteiger partial charge in [-0.3, -0.25) is 0 Å². The summed E-state index contributed by atoms with van der Waals surface area (Å²) < 4.78 is 27.9. The predicted molar refractivity (Wildman–Crippen MR) is 80.1 cm³/mol. The number of pyridine rings is 1. The third-order valence-electron chi connectivity index (χ3n) is 3.81. The lowest BCUT2D eigenvalue weighted by Crippen LogP contribution is -2.41. The van der Waals surface area contributed by atoms with Crippen LogP contribution in [-0.2, 0) is 10.0 Å². The second kappa shape index (κ2) is 6.54. The van der Waals surface area contributed by atoms with Gasteiger partial charge in [-0.15, -0.1) is 0 Å². The largest absolute Gasteiger partial charge is 0.383 e. The lowest BCUT2D eigenvalue weighted by molar-refractivity contribution is 0.310. The smallest absolute Gasteiger partial charge is 0.260 e. The van der Waals surface area contributed by atoms with E-state index in [1.54, 1.807) is 12.1 Å². The highest BCUT2D eigenvalue weighted by molar-refractivity contribution is 7.89. The maximum atomic E-state index is 12.5. The van der Waals surface area contributed by atoms with E-state index in [2.05, 4.69) is 21.9 Å². The van der Waals surface area contributed by atoms with E-state index in [0.717, 1.165) is 19.3 Å². The van der Waals surface area contributed by atoms with Crippen LogP contribution in [0, 0.1) is 5.92 Å². The van der Waals surface area contributed by atoms with Gasteiger partial charge >= 0.3 is 0 Å². The number of nitrogens with zero attached hydrogens (tertiary/aromatic N) is 1. The molecule has 0 saturated heterocycles. The molecule has 20 heavy (non-hydrogen) atoms. The van der Waals surface area contributed by atoms with Crippen LogP contribution in [0.25, 0.3) is 0 Å². The number of sulfonamides is 1. The van der Waals surface area contributed by atoms with E-state index in [9.17, 15) is 8.42 Å². The Morgan fingerprint density at radius 2 is 2.10 bits per heavy atom. The molecule has 112 valence electrons. The van der Waals surface area contributed by atoms with Crippen molar-refractivity contribution in [2.24, 2.45) is 5.92 Å². The highest BCUT2D eigenvalue weighted by Crippen LogP contribution is 2.26. The molecule has 0 bridgehead atoms. The van der Waals surface area contributed by atoms with Gasteiger partial charge in [0.2, 0.25) is 0 Å². The molecule has 6 heteroatoms. The molecule has 1 heterocycles. The minimum Gasteiger partial charge on any atom is -0.383 e. The molecule has 1 aromatic heterocycles. The molecular weight excluding hydrogens is 274 g/mol. The molecule has 0 radical (unpaired) electrons. The topological polar surface area (TPSA) is 71.1 Å². The van der Waals surface area contributed by atoms with E-state index in [1.807, 2.05) is 6.92 Å². The third-order valence-corrected chi connectivity index (χ3v) is 5.26. The van der Waals surface area contributed by atoms with Crippen molar-refractivity contribution < 1.29 is 8.42 Å². The Labute approximate surface area is 121 Å². The second-order valence-electron chi connectivity index (χ2n) is 5.38. The number of anilines is 1. The fourth-order valence-corrected chi connectivity index (χ4v) is 4.17. The predicted octanol–water partition coefficient (Wildman–Crippen LogP) is 2.37. The molecule has 1 aromatic rings. The lowest BCUT2D eigenvalue weighted by Gasteiger charge is -2.29. The van der Waals surface area contributed by atoms with E-state index in [0.29, 0.717) is 18.2 Å². The quantitative estimate of drug-likeness (QED) is 0.875. The van der Waals surface area contributed by atoms with Crippen LogP contribution in [-0.4, -0.2) is 26.0 Å². The lowest BCUT2D eigenvalue weighted by atomic mass is 9.87. The SMILES string of the molecule is CCNc1cccnc1S(=O)(=O)NC1CCCCC1C. The van der Waals surface area contributed by atoms with Crippen molar-refractivity contribution in [2.75, 3.05) is 11.9 Å². The Balaban J connectivity index is 2.21. The molecule has 1 fully saturated rings. The summed E-state index contributed by atoms with van der Waals surface area (Å²) in [5.41, 5.74) is 0.561. The first kappa shape index (κ1) is 15.3. The van der Waals surface area contributed by atoms with E-state index in [-0.39, 0.29) is 11.1 Å². The first-order valence-corrected chi connectivity index (χ1v) is 8.74. The Morgan fingerprint density at radius 3 is 2.80 bits per heavy atom. The van der Waals surface area contributed by atoms with Crippen LogP contribution in [0.15, 0.2) is 23.4 Å². The Kier molecular flexibility index (Phi) is 4.99. The summed E-state index contributed by atoms with van der Waals surface area (Å²) in [5, 5.41) is 3.15. The zero-order valence-electron chi connectivity index (χ0n) is 12.1. The van der Waals surface area contributed by atoms with Crippen molar-refractivity contribution in [3.8, 4) is 0 Å². The summed E-state index contributed by atoms with van der Waals surface area (Å²) in [5.74, 6) is 0.379. The normalized spacial score (nSPS) is 23.5. The van der Waals surface area contributed by atoms with Gasteiger partial charge in [0, 0.05) is 18.8 Å². The fraction of sp³-hybridized carbons (Fsp3) is 0.643. The molecule has 1 aliphatic carbocycles. The van der Waals surface area contributed by atoms with Crippen molar-refractivity contribution in [1.29, 1.82) is 0 Å². The third kappa shape index (κ3) is 3.49. The zero-order chi connectivity index (χ0) is 14.6. The first-order chi connectivity index (χ1) is 9.54. The summed E-state index contributed by atoms with van der Waals surface area (Å²) in [6.45, 7) is 4.70. The number of aromatic nitrogens is 1. The molecule has 1 saturated carbocycles. The fourth-order valence-electron chi connectivity index (χ4n) is 2.68. The molecule has 0 amide bonds. The monoisotopic (exact) mass is 297 g/mol. The van der Waals surface area contributed by atoms with Crippen molar-refractivity contribution in [3.05, 3.63) is 18.3 Å². The van der Waals surface area contributed by atoms with Crippen LogP contribution >= 0.6 is 0 Å². The van der Waals surface area contributed by atoms with Crippen molar-refractivity contribution >= 4 is 15.7 Å². The van der Waals surface area contributed by atoms with Crippen LogP contribution in [0.5, 0.6) is 0 Å². The molecule has 0 aromatic carbocycles. The van der Waals surface area contributed by atoms with Gasteiger partial charge in [-0.2, -0.15) is 0 Å². The number of rotatable bonds is 5. The Hall–Kier alpha value is -1.14. The van der Waals surface area contributed by atoms with Crippen molar-refractivity contribution in [1.82, 2.24) is 9.71 Å². The molecule has 2 unspecified atom stereocenters. The number of hydrogen-bond donors (Lipinski definition) is 2. The molecular formula is C14H23N3O2S. The summed E-state index contributed by atoms with van der Waals surface area (Å²) in [6, 6.07) is 3.50. The van der Waals surface area contributed by atoms with Gasteiger partial charge in [-0.1, -0.05) is 19.8 Å². The van der Waals surface area contributed by atoms with Gasteiger partial charge in [-0.05, 0) is 37.8 Å². The standard InChI is InChI=1S/C14H23N3O2S/c1-3-15-13-9-6-10-16-14(13)20(18,19)17-12-8-5-4-7-11(12)2/h6,9-12,15,17H,3-5,7-8H2,1-2H3. The van der Waals surface area contributed by atoms with Crippen LogP contribution in [0.2, 0.25) is 0 Å². The molecule has 0 spiro atoms. The molecule has 0 aliphatic heterocycles. The molecule has 2 atom stereocenters. The highest BCUT2D eigenvalue weighted by Gasteiger charge is 2.28. The molecule has 2 rings (SSSR count). The molecule has 2 N–H and O–H groups in total. The zero-order valence-corrected chi connectivity index (χ0v) is 12.9. The molecule has 1 aliphatic rings. The number of hydrogen-bond acceptors (Lipinski definition) is 4. The van der Waals surface area contributed by atoms with Crippen LogP contribution < -0.4 is 10.0 Å². The van der Waals surface area contributed by atoms with E-state index < -0.39 is 10.0 Å². The van der Waals surface area contributed by atoms with Crippen LogP contribution in [0.4, 0.5) is 5.69 Å². The summed E-state index contributed by atoms with van der Waals surface area (Å²) in [7, 11) is -3.57. The van der Waals surface area contributed by atoms with Gasteiger partial charge in [0.25, 0.3) is 10.0 Å². The molecule has 5 nitrogen and oxygen atoms in total. The minimum atomic E-state index is -3.57. The van der Waals surface area contributed by atoms with Crippen molar-refractivity contribution in [3.63, 3.8) is 0 Å². The van der Waals surface area contributed by atoms with Gasteiger partial charge in [0.1, 0.15) is 0 Å². The maximum Gasteiger partial charge on any atom is 0.260 e. The van der Waals surface area contributed by atoms with Gasteiger partial charge in [-0.25, -0.2) is 18.1 Å². The minimum absolute atomic E-state index is 0.0187. The Morgan fingerprint density at radius 1 is 1.35 bits per heavy atom. The summed E-state index contributed by atoms with van der Waals surface area (Å²) in [6.07, 6.45) is 5.77.